The minimum Gasteiger partial charge on any atom is -0.454 e. The molecule has 6 heteroatoms. The molecule has 1 saturated heterocycles. The second kappa shape index (κ2) is 5.19. The average molecular weight is 304 g/mol. The first kappa shape index (κ1) is 14.7. The standard InChI is InChI=1S/C16H20N2O4/c1-10(2)17-15(20)16(3)6-7-18(16)14(19)11-4-5-12-13(8-11)22-9-21-12/h4-5,8,10H,6-7,9H2,1-3H3,(H,17,20). The second-order valence-corrected chi connectivity index (χ2v) is 6.18. The molecule has 1 unspecified atom stereocenters. The summed E-state index contributed by atoms with van der Waals surface area (Å²) in [5, 5.41) is 2.89. The van der Waals surface area contributed by atoms with Gasteiger partial charge >= 0.3 is 0 Å². The second-order valence-electron chi connectivity index (χ2n) is 6.18. The molecule has 0 bridgehead atoms. The van der Waals surface area contributed by atoms with Gasteiger partial charge in [-0.05, 0) is 45.4 Å². The fourth-order valence-electron chi connectivity index (χ4n) is 2.72. The molecular weight excluding hydrogens is 284 g/mol. The summed E-state index contributed by atoms with van der Waals surface area (Å²) < 4.78 is 10.5. The smallest absolute Gasteiger partial charge is 0.254 e. The van der Waals surface area contributed by atoms with E-state index >= 15 is 0 Å². The molecule has 0 saturated carbocycles. The highest BCUT2D eigenvalue weighted by Crippen LogP contribution is 2.36. The topological polar surface area (TPSA) is 67.9 Å². The molecule has 0 spiro atoms. The van der Waals surface area contributed by atoms with Crippen LogP contribution >= 0.6 is 0 Å². The van der Waals surface area contributed by atoms with E-state index in [4.69, 9.17) is 9.47 Å². The number of carbonyl (C=O) groups is 2. The fourth-order valence-corrected chi connectivity index (χ4v) is 2.72. The Balaban J connectivity index is 1.79. The van der Waals surface area contributed by atoms with Gasteiger partial charge in [0.05, 0.1) is 0 Å². The zero-order valence-electron chi connectivity index (χ0n) is 13.0. The number of hydrogen-bond donors (Lipinski definition) is 1. The molecule has 2 aliphatic heterocycles. The molecule has 118 valence electrons. The van der Waals surface area contributed by atoms with Crippen molar-refractivity contribution in [1.29, 1.82) is 0 Å². The van der Waals surface area contributed by atoms with E-state index in [0.717, 1.165) is 0 Å². The van der Waals surface area contributed by atoms with Crippen molar-refractivity contribution in [3.63, 3.8) is 0 Å². The van der Waals surface area contributed by atoms with Crippen molar-refractivity contribution in [2.24, 2.45) is 0 Å². The van der Waals surface area contributed by atoms with E-state index in [0.29, 0.717) is 30.0 Å². The quantitative estimate of drug-likeness (QED) is 0.920. The molecule has 1 aromatic carbocycles. The lowest BCUT2D eigenvalue weighted by atomic mass is 9.84. The Morgan fingerprint density at radius 2 is 2.00 bits per heavy atom. The molecule has 1 aromatic rings. The minimum atomic E-state index is -0.780. The third-order valence-corrected chi connectivity index (χ3v) is 4.19. The summed E-state index contributed by atoms with van der Waals surface area (Å²) in [6.07, 6.45) is 0.668. The Morgan fingerprint density at radius 3 is 2.64 bits per heavy atom. The van der Waals surface area contributed by atoms with Gasteiger partial charge in [0.25, 0.3) is 5.91 Å². The Kier molecular flexibility index (Phi) is 3.47. The molecule has 1 N–H and O–H groups in total. The van der Waals surface area contributed by atoms with Crippen LogP contribution in [0, 0.1) is 0 Å². The summed E-state index contributed by atoms with van der Waals surface area (Å²) in [4.78, 5) is 26.6. The van der Waals surface area contributed by atoms with E-state index in [2.05, 4.69) is 5.32 Å². The van der Waals surface area contributed by atoms with Crippen LogP contribution in [-0.4, -0.2) is 41.6 Å². The number of carbonyl (C=O) groups excluding carboxylic acids is 2. The molecule has 0 aromatic heterocycles. The third kappa shape index (κ3) is 2.28. The van der Waals surface area contributed by atoms with Crippen LogP contribution in [0.15, 0.2) is 18.2 Å². The average Bonchev–Trinajstić information content (AvgIpc) is 2.91. The van der Waals surface area contributed by atoms with E-state index < -0.39 is 5.54 Å². The molecule has 1 atom stereocenters. The van der Waals surface area contributed by atoms with Gasteiger partial charge in [0.2, 0.25) is 12.7 Å². The molecule has 3 rings (SSSR count). The zero-order chi connectivity index (χ0) is 15.9. The molecule has 6 nitrogen and oxygen atoms in total. The van der Waals surface area contributed by atoms with Crippen molar-refractivity contribution in [2.75, 3.05) is 13.3 Å². The van der Waals surface area contributed by atoms with Crippen molar-refractivity contribution in [1.82, 2.24) is 10.2 Å². The monoisotopic (exact) mass is 304 g/mol. The van der Waals surface area contributed by atoms with Gasteiger partial charge in [-0.3, -0.25) is 9.59 Å². The number of fused-ring (bicyclic) bond motifs is 1. The fraction of sp³-hybridized carbons (Fsp3) is 0.500. The van der Waals surface area contributed by atoms with Crippen LogP contribution in [0.25, 0.3) is 0 Å². The first-order valence-corrected chi connectivity index (χ1v) is 7.44. The van der Waals surface area contributed by atoms with Crippen LogP contribution in [0.5, 0.6) is 11.5 Å². The predicted octanol–water partition coefficient (Wildman–Crippen LogP) is 1.54. The lowest BCUT2D eigenvalue weighted by Gasteiger charge is -2.49. The number of nitrogens with zero attached hydrogens (tertiary/aromatic N) is 1. The molecule has 2 aliphatic rings. The highest BCUT2D eigenvalue weighted by molar-refractivity contribution is 6.00. The van der Waals surface area contributed by atoms with Gasteiger partial charge in [0, 0.05) is 18.2 Å². The number of hydrogen-bond acceptors (Lipinski definition) is 4. The molecular formula is C16H20N2O4. The van der Waals surface area contributed by atoms with Crippen LogP contribution in [0.1, 0.15) is 37.6 Å². The van der Waals surface area contributed by atoms with Gasteiger partial charge in [0.15, 0.2) is 11.5 Å². The number of amides is 2. The normalized spacial score (nSPS) is 22.5. The van der Waals surface area contributed by atoms with Gasteiger partial charge in [-0.25, -0.2) is 0 Å². The first-order chi connectivity index (χ1) is 10.4. The van der Waals surface area contributed by atoms with Crippen molar-refractivity contribution < 1.29 is 19.1 Å². The maximum atomic E-state index is 12.7. The van der Waals surface area contributed by atoms with Gasteiger partial charge in [-0.15, -0.1) is 0 Å². The Morgan fingerprint density at radius 1 is 1.27 bits per heavy atom. The molecule has 1 fully saturated rings. The Labute approximate surface area is 129 Å². The van der Waals surface area contributed by atoms with Crippen LogP contribution < -0.4 is 14.8 Å². The van der Waals surface area contributed by atoms with Crippen molar-refractivity contribution in [3.8, 4) is 11.5 Å². The molecule has 2 amide bonds. The Bertz CT molecular complexity index is 629. The third-order valence-electron chi connectivity index (χ3n) is 4.19. The van der Waals surface area contributed by atoms with E-state index in [1.54, 1.807) is 30.0 Å². The van der Waals surface area contributed by atoms with Crippen LogP contribution in [0.4, 0.5) is 0 Å². The van der Waals surface area contributed by atoms with E-state index in [1.165, 1.54) is 0 Å². The number of nitrogens with one attached hydrogen (secondary N) is 1. The molecule has 0 aliphatic carbocycles. The van der Waals surface area contributed by atoms with Gasteiger partial charge < -0.3 is 19.7 Å². The largest absolute Gasteiger partial charge is 0.454 e. The summed E-state index contributed by atoms with van der Waals surface area (Å²) in [5.41, 5.74) is -0.273. The molecule has 2 heterocycles. The van der Waals surface area contributed by atoms with Crippen LogP contribution in [-0.2, 0) is 4.79 Å². The number of benzene rings is 1. The SMILES string of the molecule is CC(C)NC(=O)C1(C)CCN1C(=O)c1ccc2c(c1)OCO2. The van der Waals surface area contributed by atoms with Crippen molar-refractivity contribution in [2.45, 2.75) is 38.8 Å². The maximum Gasteiger partial charge on any atom is 0.254 e. The summed E-state index contributed by atoms with van der Waals surface area (Å²) in [6.45, 7) is 6.37. The van der Waals surface area contributed by atoms with Gasteiger partial charge in [-0.1, -0.05) is 0 Å². The molecule has 22 heavy (non-hydrogen) atoms. The number of ether oxygens (including phenoxy) is 2. The highest BCUT2D eigenvalue weighted by atomic mass is 16.7. The lowest BCUT2D eigenvalue weighted by molar-refractivity contribution is -0.138. The van der Waals surface area contributed by atoms with Gasteiger partial charge in [0.1, 0.15) is 5.54 Å². The summed E-state index contributed by atoms with van der Waals surface area (Å²) >= 11 is 0. The predicted molar refractivity (Wildman–Crippen MR) is 79.9 cm³/mol. The van der Waals surface area contributed by atoms with E-state index in [1.807, 2.05) is 13.8 Å². The summed E-state index contributed by atoms with van der Waals surface area (Å²) in [7, 11) is 0. The summed E-state index contributed by atoms with van der Waals surface area (Å²) in [6, 6.07) is 5.15. The first-order valence-electron chi connectivity index (χ1n) is 7.44. The van der Waals surface area contributed by atoms with E-state index in [-0.39, 0.29) is 24.6 Å². The van der Waals surface area contributed by atoms with E-state index in [9.17, 15) is 9.59 Å². The van der Waals surface area contributed by atoms with Crippen molar-refractivity contribution >= 4 is 11.8 Å². The summed E-state index contributed by atoms with van der Waals surface area (Å²) in [5.74, 6) is 0.939. The maximum absolute atomic E-state index is 12.7. The molecule has 0 radical (unpaired) electrons. The van der Waals surface area contributed by atoms with Crippen molar-refractivity contribution in [3.05, 3.63) is 23.8 Å². The van der Waals surface area contributed by atoms with Crippen LogP contribution in [0.2, 0.25) is 0 Å². The zero-order valence-corrected chi connectivity index (χ0v) is 13.0. The lowest BCUT2D eigenvalue weighted by Crippen LogP contribution is -2.67. The minimum absolute atomic E-state index is 0.0485. The van der Waals surface area contributed by atoms with Gasteiger partial charge in [-0.2, -0.15) is 0 Å². The number of likely N-dealkylation sites (tertiary alicyclic amines) is 1. The van der Waals surface area contributed by atoms with Crippen LogP contribution in [0.3, 0.4) is 0 Å². The number of rotatable bonds is 3. The highest BCUT2D eigenvalue weighted by Gasteiger charge is 2.49. The Hall–Kier alpha value is -2.24.